The van der Waals surface area contributed by atoms with Crippen molar-refractivity contribution in [2.45, 2.75) is 84.1 Å². The number of rotatable bonds is 10. The molecule has 1 saturated heterocycles. The fourth-order valence-electron chi connectivity index (χ4n) is 7.77. The van der Waals surface area contributed by atoms with Gasteiger partial charge in [-0.3, -0.25) is 14.4 Å². The minimum Gasteiger partial charge on any atom is -0.465 e. The van der Waals surface area contributed by atoms with Gasteiger partial charge in [-0.05, 0) is 87.4 Å². The molecular weight excluding hydrogens is 488 g/mol. The van der Waals surface area contributed by atoms with Gasteiger partial charge in [0.2, 0.25) is 5.91 Å². The number of fused-ring (bicyclic) bond motifs is 2. The van der Waals surface area contributed by atoms with Crippen LogP contribution < -0.4 is 5.73 Å². The number of carbonyl (C=O) groups excluding carboxylic acids is 3. The van der Waals surface area contributed by atoms with E-state index in [0.29, 0.717) is 43.4 Å². The molecule has 6 bridgehead atoms. The molecule has 6 rings (SSSR count). The Labute approximate surface area is 212 Å². The van der Waals surface area contributed by atoms with E-state index < -0.39 is 45.5 Å². The lowest BCUT2D eigenvalue weighted by Crippen LogP contribution is -2.50. The standard InChI is InChI=1S/C25H38N2O8S/c1-24(2,5-6-33-23(30)25-11-15-7-16(12-25)9-17(8-15)13-25)14-34-36(31,32)35-27-18-3-4-19(21(26)28)20(10-18)22(27)29/h15-20H,3-14H2,1-2H3,(H2,26,28)/t15?,16?,17?,18-,19-,20?,25?/m1/s1. The Morgan fingerprint density at radius 1 is 1.06 bits per heavy atom. The van der Waals surface area contributed by atoms with E-state index in [1.54, 1.807) is 0 Å². The SMILES string of the molecule is CC(C)(CCOC(=O)C12CC3CC(CC(C3)C1)C2)COS(=O)(=O)ON1C(=O)C2C[C@H]1CC[C@H]2C(N)=O. The summed E-state index contributed by atoms with van der Waals surface area (Å²) in [5, 5.41) is 0.837. The minimum absolute atomic E-state index is 0.0952. The predicted octanol–water partition coefficient (Wildman–Crippen LogP) is 2.47. The van der Waals surface area contributed by atoms with Crippen molar-refractivity contribution in [2.75, 3.05) is 13.2 Å². The first-order chi connectivity index (χ1) is 16.9. The number of esters is 1. The van der Waals surface area contributed by atoms with Crippen molar-refractivity contribution in [1.29, 1.82) is 0 Å². The lowest BCUT2D eigenvalue weighted by atomic mass is 9.49. The smallest absolute Gasteiger partial charge is 0.421 e. The Hall–Kier alpha value is -1.72. The zero-order valence-electron chi connectivity index (χ0n) is 21.1. The molecule has 6 fully saturated rings. The molecule has 5 aliphatic carbocycles. The molecule has 6 aliphatic rings. The average Bonchev–Trinajstić information content (AvgIpc) is 3.01. The second-order valence-electron chi connectivity index (χ2n) is 12.7. The summed E-state index contributed by atoms with van der Waals surface area (Å²) >= 11 is 0. The van der Waals surface area contributed by atoms with Crippen LogP contribution in [-0.2, 0) is 38.0 Å². The lowest BCUT2D eigenvalue weighted by Gasteiger charge is -2.55. The second-order valence-corrected chi connectivity index (χ2v) is 13.9. The topological polar surface area (TPSA) is 142 Å². The third-order valence-electron chi connectivity index (χ3n) is 9.30. The Morgan fingerprint density at radius 3 is 2.25 bits per heavy atom. The van der Waals surface area contributed by atoms with E-state index in [0.717, 1.165) is 24.3 Å². The van der Waals surface area contributed by atoms with E-state index in [1.165, 1.54) is 19.3 Å². The first kappa shape index (κ1) is 25.9. The van der Waals surface area contributed by atoms with E-state index in [4.69, 9.17) is 18.9 Å². The molecule has 10 nitrogen and oxygen atoms in total. The van der Waals surface area contributed by atoms with Gasteiger partial charge in [-0.1, -0.05) is 13.8 Å². The first-order valence-electron chi connectivity index (χ1n) is 13.2. The van der Waals surface area contributed by atoms with Gasteiger partial charge in [0.05, 0.1) is 30.6 Å². The van der Waals surface area contributed by atoms with Crippen molar-refractivity contribution in [2.24, 2.45) is 46.2 Å². The van der Waals surface area contributed by atoms with Crippen molar-refractivity contribution in [3.8, 4) is 0 Å². The molecule has 1 aliphatic heterocycles. The average molecular weight is 527 g/mol. The third-order valence-corrected chi connectivity index (χ3v) is 10.1. The molecule has 0 aromatic rings. The molecule has 36 heavy (non-hydrogen) atoms. The first-order valence-corrected chi connectivity index (χ1v) is 14.6. The zero-order chi connectivity index (χ0) is 25.9. The van der Waals surface area contributed by atoms with Crippen LogP contribution in [0.4, 0.5) is 0 Å². The highest BCUT2D eigenvalue weighted by molar-refractivity contribution is 7.81. The number of hydrogen-bond donors (Lipinski definition) is 1. The number of ether oxygens (including phenoxy) is 1. The van der Waals surface area contributed by atoms with Crippen LogP contribution in [0.5, 0.6) is 0 Å². The number of hydroxylamine groups is 2. The molecule has 0 aromatic carbocycles. The number of amides is 2. The maximum absolute atomic E-state index is 13.0. The van der Waals surface area contributed by atoms with E-state index >= 15 is 0 Å². The van der Waals surface area contributed by atoms with Gasteiger partial charge in [0.1, 0.15) is 0 Å². The number of carbonyl (C=O) groups is 3. The van der Waals surface area contributed by atoms with Gasteiger partial charge in [-0.15, -0.1) is 4.28 Å². The lowest BCUT2D eigenvalue weighted by molar-refractivity contribution is -0.172. The van der Waals surface area contributed by atoms with Gasteiger partial charge < -0.3 is 10.5 Å². The predicted molar refractivity (Wildman–Crippen MR) is 127 cm³/mol. The second kappa shape index (κ2) is 9.23. The number of nitrogens with two attached hydrogens (primary N) is 1. The molecule has 0 spiro atoms. The van der Waals surface area contributed by atoms with Crippen LogP contribution in [0.15, 0.2) is 0 Å². The monoisotopic (exact) mass is 526 g/mol. The van der Waals surface area contributed by atoms with Gasteiger partial charge in [0.15, 0.2) is 0 Å². The summed E-state index contributed by atoms with van der Waals surface area (Å²) in [6.07, 6.45) is 8.21. The summed E-state index contributed by atoms with van der Waals surface area (Å²) in [7, 11) is -4.50. The van der Waals surface area contributed by atoms with Gasteiger partial charge in [0, 0.05) is 5.92 Å². The summed E-state index contributed by atoms with van der Waals surface area (Å²) in [4.78, 5) is 37.3. The zero-order valence-corrected chi connectivity index (χ0v) is 22.0. The van der Waals surface area contributed by atoms with Gasteiger partial charge in [0.25, 0.3) is 5.91 Å². The maximum Gasteiger partial charge on any atom is 0.421 e. The largest absolute Gasteiger partial charge is 0.465 e. The summed E-state index contributed by atoms with van der Waals surface area (Å²) in [5.41, 5.74) is 4.46. The summed E-state index contributed by atoms with van der Waals surface area (Å²) < 4.78 is 40.9. The molecular formula is C25H38N2O8S. The molecule has 2 amide bonds. The molecule has 1 heterocycles. The van der Waals surface area contributed by atoms with E-state index in [1.807, 2.05) is 13.8 Å². The summed E-state index contributed by atoms with van der Waals surface area (Å²) in [5.74, 6) is -0.500. The van der Waals surface area contributed by atoms with Crippen LogP contribution in [0.3, 0.4) is 0 Å². The highest BCUT2D eigenvalue weighted by Crippen LogP contribution is 2.60. The van der Waals surface area contributed by atoms with Crippen molar-refractivity contribution in [3.05, 3.63) is 0 Å². The van der Waals surface area contributed by atoms with E-state index in [-0.39, 0.29) is 24.6 Å². The normalized spacial score (nSPS) is 37.4. The van der Waals surface area contributed by atoms with Crippen molar-refractivity contribution < 1.29 is 36.0 Å². The van der Waals surface area contributed by atoms with Gasteiger partial charge in [-0.25, -0.2) is 4.18 Å². The maximum atomic E-state index is 13.0. The quantitative estimate of drug-likeness (QED) is 0.428. The molecule has 0 radical (unpaired) electrons. The third kappa shape index (κ3) is 5.03. The highest BCUT2D eigenvalue weighted by Gasteiger charge is 2.55. The van der Waals surface area contributed by atoms with Crippen LogP contribution in [0.2, 0.25) is 0 Å². The van der Waals surface area contributed by atoms with Crippen molar-refractivity contribution >= 4 is 28.2 Å². The van der Waals surface area contributed by atoms with Crippen LogP contribution in [0.25, 0.3) is 0 Å². The number of primary amides is 1. The summed E-state index contributed by atoms with van der Waals surface area (Å²) in [6, 6.07) is -0.423. The highest BCUT2D eigenvalue weighted by atomic mass is 32.3. The van der Waals surface area contributed by atoms with Gasteiger partial charge >= 0.3 is 16.4 Å². The number of nitrogens with zero attached hydrogens (tertiary/aromatic N) is 1. The van der Waals surface area contributed by atoms with Gasteiger partial charge in [-0.2, -0.15) is 13.5 Å². The summed E-state index contributed by atoms with van der Waals surface area (Å²) in [6.45, 7) is 3.66. The molecule has 2 N–H and O–H groups in total. The van der Waals surface area contributed by atoms with E-state index in [9.17, 15) is 22.8 Å². The Kier molecular flexibility index (Phi) is 6.65. The van der Waals surface area contributed by atoms with Crippen LogP contribution >= 0.6 is 0 Å². The number of hydrogen-bond acceptors (Lipinski definition) is 8. The van der Waals surface area contributed by atoms with Crippen molar-refractivity contribution in [1.82, 2.24) is 5.06 Å². The Bertz CT molecular complexity index is 990. The molecule has 0 aromatic heterocycles. The van der Waals surface area contributed by atoms with E-state index in [2.05, 4.69) is 0 Å². The van der Waals surface area contributed by atoms with Crippen molar-refractivity contribution in [3.63, 3.8) is 0 Å². The molecule has 202 valence electrons. The Balaban J connectivity index is 1.09. The fourth-order valence-corrected chi connectivity index (χ4v) is 8.67. The van der Waals surface area contributed by atoms with Crippen LogP contribution in [0.1, 0.15) is 78.1 Å². The minimum atomic E-state index is -4.50. The molecule has 5 saturated carbocycles. The molecule has 11 heteroatoms. The molecule has 3 atom stereocenters. The fraction of sp³-hybridized carbons (Fsp3) is 0.880. The Morgan fingerprint density at radius 2 is 1.67 bits per heavy atom. The molecule has 1 unspecified atom stereocenters. The van der Waals surface area contributed by atoms with Crippen LogP contribution in [-0.4, -0.2) is 50.5 Å². The van der Waals surface area contributed by atoms with Crippen LogP contribution in [0, 0.1) is 40.4 Å².